The minimum Gasteiger partial charge on any atom is -0.385 e. The third-order valence-electron chi connectivity index (χ3n) is 5.74. The molecule has 0 bridgehead atoms. The number of hydrogen-bond donors (Lipinski definition) is 1. The second-order valence-corrected chi connectivity index (χ2v) is 8.01. The Morgan fingerprint density at radius 3 is 2.52 bits per heavy atom. The number of halogens is 3. The van der Waals surface area contributed by atoms with Gasteiger partial charge < -0.3 is 15.0 Å². The Hall–Kier alpha value is -3.21. The third kappa shape index (κ3) is 5.41. The highest BCUT2D eigenvalue weighted by Crippen LogP contribution is 2.32. The molecule has 3 heterocycles. The van der Waals surface area contributed by atoms with Crippen molar-refractivity contribution in [1.82, 2.24) is 19.8 Å². The van der Waals surface area contributed by atoms with E-state index in [9.17, 15) is 18.0 Å². The summed E-state index contributed by atoms with van der Waals surface area (Å²) < 4.78 is 45.1. The topological polar surface area (TPSA) is 84.6 Å². The van der Waals surface area contributed by atoms with Gasteiger partial charge >= 0.3 is 6.18 Å². The van der Waals surface area contributed by atoms with Crippen molar-refractivity contribution >= 4 is 23.1 Å². The molecule has 11 heteroatoms. The molecule has 0 unspecified atom stereocenters. The first-order valence-corrected chi connectivity index (χ1v) is 10.8. The fourth-order valence-electron chi connectivity index (χ4n) is 4.01. The zero-order chi connectivity index (χ0) is 23.4. The van der Waals surface area contributed by atoms with Crippen molar-refractivity contribution in [3.8, 4) is 0 Å². The highest BCUT2D eigenvalue weighted by Gasteiger charge is 2.38. The van der Waals surface area contributed by atoms with Gasteiger partial charge in [0.25, 0.3) is 5.82 Å². The van der Waals surface area contributed by atoms with Gasteiger partial charge in [0, 0.05) is 38.9 Å². The number of alkyl halides is 3. The Balaban J connectivity index is 1.35. The highest BCUT2D eigenvalue weighted by molar-refractivity contribution is 5.90. The molecular formula is C22H25F3N6O2. The molecule has 8 nitrogen and oxygen atoms in total. The van der Waals surface area contributed by atoms with Crippen LogP contribution in [0.15, 0.2) is 36.4 Å². The summed E-state index contributed by atoms with van der Waals surface area (Å²) in [6.07, 6.45) is -1.84. The van der Waals surface area contributed by atoms with Gasteiger partial charge in [-0.3, -0.25) is 4.79 Å². The van der Waals surface area contributed by atoms with Crippen LogP contribution >= 0.6 is 0 Å². The molecule has 0 atom stereocenters. The van der Waals surface area contributed by atoms with Crippen LogP contribution in [0, 0.1) is 0 Å². The molecule has 33 heavy (non-hydrogen) atoms. The molecule has 1 fully saturated rings. The van der Waals surface area contributed by atoms with Crippen molar-refractivity contribution < 1.29 is 22.7 Å². The number of methoxy groups -OCH3 is 1. The predicted molar refractivity (Wildman–Crippen MR) is 116 cm³/mol. The molecule has 1 N–H and O–H groups in total. The van der Waals surface area contributed by atoms with Crippen molar-refractivity contribution in [3.63, 3.8) is 0 Å². The van der Waals surface area contributed by atoms with Gasteiger partial charge in [-0.1, -0.05) is 12.1 Å². The van der Waals surface area contributed by atoms with Crippen LogP contribution in [-0.4, -0.2) is 52.5 Å². The lowest BCUT2D eigenvalue weighted by molar-refractivity contribution is -0.146. The summed E-state index contributed by atoms with van der Waals surface area (Å²) in [5.41, 5.74) is 1.99. The molecule has 1 saturated heterocycles. The summed E-state index contributed by atoms with van der Waals surface area (Å²) in [7, 11) is 1.61. The number of ether oxygens (including phenoxy) is 1. The monoisotopic (exact) mass is 462 g/mol. The Morgan fingerprint density at radius 1 is 1.12 bits per heavy atom. The zero-order valence-corrected chi connectivity index (χ0v) is 18.2. The van der Waals surface area contributed by atoms with E-state index in [1.807, 2.05) is 29.2 Å². The van der Waals surface area contributed by atoms with Crippen molar-refractivity contribution in [1.29, 1.82) is 0 Å². The maximum atomic E-state index is 13.1. The van der Waals surface area contributed by atoms with E-state index in [0.29, 0.717) is 44.3 Å². The van der Waals surface area contributed by atoms with E-state index in [1.54, 1.807) is 13.2 Å². The molecule has 0 saturated carbocycles. The minimum absolute atomic E-state index is 0.0423. The summed E-state index contributed by atoms with van der Waals surface area (Å²) in [4.78, 5) is 13.9. The van der Waals surface area contributed by atoms with Crippen LogP contribution in [0.2, 0.25) is 0 Å². The Kier molecular flexibility index (Phi) is 6.77. The molecule has 2 aromatic heterocycles. The van der Waals surface area contributed by atoms with Crippen LogP contribution in [0.4, 0.5) is 24.7 Å². The van der Waals surface area contributed by atoms with E-state index in [1.165, 1.54) is 11.6 Å². The quantitative estimate of drug-likeness (QED) is 0.537. The van der Waals surface area contributed by atoms with E-state index in [4.69, 9.17) is 4.74 Å². The average molecular weight is 462 g/mol. The van der Waals surface area contributed by atoms with Gasteiger partial charge in [-0.2, -0.15) is 17.7 Å². The largest absolute Gasteiger partial charge is 0.453 e. The molecule has 4 rings (SSSR count). The van der Waals surface area contributed by atoms with Crippen LogP contribution in [0.3, 0.4) is 0 Å². The third-order valence-corrected chi connectivity index (χ3v) is 5.74. The van der Waals surface area contributed by atoms with E-state index >= 15 is 0 Å². The molecular weight excluding hydrogens is 437 g/mol. The zero-order valence-electron chi connectivity index (χ0n) is 18.2. The lowest BCUT2D eigenvalue weighted by atomic mass is 9.89. The fraction of sp³-hybridized carbons (Fsp3) is 0.455. The van der Waals surface area contributed by atoms with Crippen LogP contribution in [0.25, 0.3) is 5.65 Å². The summed E-state index contributed by atoms with van der Waals surface area (Å²) in [5.74, 6) is -0.366. The Bertz CT molecular complexity index is 1090. The lowest BCUT2D eigenvalue weighted by Crippen LogP contribution is -2.34. The van der Waals surface area contributed by atoms with Crippen LogP contribution in [0.1, 0.15) is 43.0 Å². The number of nitrogens with one attached hydrogen (secondary N) is 1. The number of hydrogen-bond acceptors (Lipinski definition) is 6. The van der Waals surface area contributed by atoms with Gasteiger partial charge in [0.1, 0.15) is 5.82 Å². The number of piperidine rings is 1. The van der Waals surface area contributed by atoms with Crippen molar-refractivity contribution in [2.24, 2.45) is 0 Å². The molecule has 176 valence electrons. The van der Waals surface area contributed by atoms with Crippen molar-refractivity contribution in [2.45, 2.75) is 37.8 Å². The maximum absolute atomic E-state index is 13.1. The Morgan fingerprint density at radius 2 is 1.85 bits per heavy atom. The number of rotatable bonds is 7. The van der Waals surface area contributed by atoms with E-state index < -0.39 is 12.0 Å². The molecule has 3 aromatic rings. The smallest absolute Gasteiger partial charge is 0.385 e. The number of aromatic nitrogens is 4. The highest BCUT2D eigenvalue weighted by atomic mass is 19.4. The van der Waals surface area contributed by atoms with E-state index in [-0.39, 0.29) is 11.6 Å². The summed E-state index contributed by atoms with van der Waals surface area (Å²) >= 11 is 0. The van der Waals surface area contributed by atoms with E-state index in [0.717, 1.165) is 23.0 Å². The van der Waals surface area contributed by atoms with Crippen LogP contribution in [-0.2, 0) is 15.7 Å². The standard InChI is InChI=1S/C22H25F3N6O2/c1-33-14-2-3-20(32)26-17-6-4-15(5-7-17)16-10-12-30(13-11-16)19-9-8-18-27-28-21(22(23,24)25)31(18)29-19/h4-9,16H,2-3,10-14H2,1H3,(H,26,32). The molecule has 0 spiro atoms. The summed E-state index contributed by atoms with van der Waals surface area (Å²) in [6.45, 7) is 1.90. The van der Waals surface area contributed by atoms with Crippen LogP contribution < -0.4 is 10.2 Å². The SMILES string of the molecule is COCCCC(=O)Nc1ccc(C2CCN(c3ccc4nnc(C(F)(F)F)n4n3)CC2)cc1. The number of amides is 1. The minimum atomic E-state index is -4.62. The van der Waals surface area contributed by atoms with Gasteiger partial charge in [0.15, 0.2) is 5.65 Å². The van der Waals surface area contributed by atoms with Crippen molar-refractivity contribution in [3.05, 3.63) is 47.8 Å². The van der Waals surface area contributed by atoms with Gasteiger partial charge in [-0.15, -0.1) is 15.3 Å². The first-order valence-electron chi connectivity index (χ1n) is 10.8. The molecule has 0 aliphatic carbocycles. The fourth-order valence-corrected chi connectivity index (χ4v) is 4.01. The number of fused-ring (bicyclic) bond motifs is 1. The van der Waals surface area contributed by atoms with Gasteiger partial charge in [0.05, 0.1) is 0 Å². The number of benzene rings is 1. The number of anilines is 2. The predicted octanol–water partition coefficient (Wildman–Crippen LogP) is 3.89. The van der Waals surface area contributed by atoms with Gasteiger partial charge in [-0.05, 0) is 55.0 Å². The number of nitrogens with zero attached hydrogens (tertiary/aromatic N) is 5. The maximum Gasteiger partial charge on any atom is 0.453 e. The van der Waals surface area contributed by atoms with Crippen LogP contribution in [0.5, 0.6) is 0 Å². The van der Waals surface area contributed by atoms with Crippen molar-refractivity contribution in [2.75, 3.05) is 37.0 Å². The normalized spacial score (nSPS) is 15.2. The van der Waals surface area contributed by atoms with Gasteiger partial charge in [-0.25, -0.2) is 0 Å². The molecule has 1 amide bonds. The lowest BCUT2D eigenvalue weighted by Gasteiger charge is -2.33. The average Bonchev–Trinajstić information content (AvgIpc) is 3.24. The molecule has 1 aromatic carbocycles. The number of carbonyl (C=O) groups is 1. The first-order chi connectivity index (χ1) is 15.8. The number of carbonyl (C=O) groups excluding carboxylic acids is 1. The molecule has 0 radical (unpaired) electrons. The molecule has 1 aliphatic rings. The Labute approximate surface area is 188 Å². The van der Waals surface area contributed by atoms with Gasteiger partial charge in [0.2, 0.25) is 5.91 Å². The second kappa shape index (κ2) is 9.74. The van der Waals surface area contributed by atoms with E-state index in [2.05, 4.69) is 20.6 Å². The summed E-state index contributed by atoms with van der Waals surface area (Å²) in [6, 6.07) is 11.0. The first kappa shape index (κ1) is 23.0. The molecule has 1 aliphatic heterocycles. The summed E-state index contributed by atoms with van der Waals surface area (Å²) in [5, 5.41) is 13.8. The second-order valence-electron chi connectivity index (χ2n) is 8.01.